The van der Waals surface area contributed by atoms with E-state index in [1.807, 2.05) is 0 Å². The van der Waals surface area contributed by atoms with Gasteiger partial charge in [-0.25, -0.2) is 0 Å². The van der Waals surface area contributed by atoms with E-state index >= 15 is 0 Å². The van der Waals surface area contributed by atoms with E-state index in [0.717, 1.165) is 19.4 Å². The molecule has 17 heavy (non-hydrogen) atoms. The molecular formula is C13H25NO3. The van der Waals surface area contributed by atoms with E-state index in [2.05, 4.69) is 6.92 Å². The van der Waals surface area contributed by atoms with E-state index in [0.29, 0.717) is 25.5 Å². The number of carbonyl (C=O) groups is 1. The molecule has 0 aromatic heterocycles. The lowest BCUT2D eigenvalue weighted by atomic mass is 9.79. The van der Waals surface area contributed by atoms with Crippen LogP contribution < -0.4 is 5.73 Å². The third-order valence-electron chi connectivity index (χ3n) is 3.46. The second-order valence-electron chi connectivity index (χ2n) is 4.99. The third kappa shape index (κ3) is 4.28. The van der Waals surface area contributed by atoms with Gasteiger partial charge in [0.05, 0.1) is 12.5 Å². The van der Waals surface area contributed by atoms with E-state index in [1.165, 1.54) is 20.0 Å². The molecular weight excluding hydrogens is 218 g/mol. The first-order chi connectivity index (χ1) is 8.18. The Morgan fingerprint density at radius 1 is 1.41 bits per heavy atom. The Morgan fingerprint density at radius 2 is 2.12 bits per heavy atom. The fourth-order valence-electron chi connectivity index (χ4n) is 2.16. The highest BCUT2D eigenvalue weighted by Gasteiger charge is 2.42. The fraction of sp³-hybridized carbons (Fsp3) is 0.923. The van der Waals surface area contributed by atoms with E-state index in [1.54, 1.807) is 0 Å². The third-order valence-corrected chi connectivity index (χ3v) is 3.46. The zero-order valence-electron chi connectivity index (χ0n) is 11.0. The van der Waals surface area contributed by atoms with Gasteiger partial charge in [0.2, 0.25) is 0 Å². The lowest BCUT2D eigenvalue weighted by Crippen LogP contribution is -2.41. The molecule has 1 rings (SSSR count). The summed E-state index contributed by atoms with van der Waals surface area (Å²) in [7, 11) is 1.44. The van der Waals surface area contributed by atoms with Gasteiger partial charge in [-0.05, 0) is 25.2 Å². The van der Waals surface area contributed by atoms with Crippen LogP contribution in [0.5, 0.6) is 0 Å². The average Bonchev–Trinajstić information content (AvgIpc) is 3.16. The van der Waals surface area contributed by atoms with Gasteiger partial charge in [-0.2, -0.15) is 0 Å². The first kappa shape index (κ1) is 14.5. The van der Waals surface area contributed by atoms with Crippen molar-refractivity contribution in [1.82, 2.24) is 0 Å². The number of hydrogen-bond acceptors (Lipinski definition) is 4. The summed E-state index contributed by atoms with van der Waals surface area (Å²) in [6.07, 6.45) is 4.96. The van der Waals surface area contributed by atoms with Crippen LogP contribution in [-0.2, 0) is 14.3 Å². The van der Waals surface area contributed by atoms with Gasteiger partial charge in [0.25, 0.3) is 0 Å². The van der Waals surface area contributed by atoms with Crippen molar-refractivity contribution in [3.8, 4) is 0 Å². The molecule has 0 saturated heterocycles. The molecule has 0 aromatic carbocycles. The van der Waals surface area contributed by atoms with Crippen LogP contribution in [0, 0.1) is 11.3 Å². The number of hydrogen-bond donors (Lipinski definition) is 1. The smallest absolute Gasteiger partial charge is 0.313 e. The maximum Gasteiger partial charge on any atom is 0.313 e. The summed E-state index contributed by atoms with van der Waals surface area (Å²) >= 11 is 0. The summed E-state index contributed by atoms with van der Waals surface area (Å²) in [5, 5.41) is 0. The Bertz CT molecular complexity index is 241. The van der Waals surface area contributed by atoms with E-state index in [9.17, 15) is 4.79 Å². The molecule has 100 valence electrons. The molecule has 0 amide bonds. The lowest BCUT2D eigenvalue weighted by Gasteiger charge is -2.29. The second-order valence-corrected chi connectivity index (χ2v) is 4.99. The van der Waals surface area contributed by atoms with Gasteiger partial charge in [0, 0.05) is 19.8 Å². The summed E-state index contributed by atoms with van der Waals surface area (Å²) in [6.45, 7) is 3.75. The molecule has 1 aliphatic rings. The highest BCUT2D eigenvalue weighted by molar-refractivity contribution is 5.77. The van der Waals surface area contributed by atoms with E-state index < -0.39 is 5.41 Å². The molecule has 4 heteroatoms. The van der Waals surface area contributed by atoms with Gasteiger partial charge < -0.3 is 15.2 Å². The van der Waals surface area contributed by atoms with Crippen LogP contribution in [-0.4, -0.2) is 32.8 Å². The van der Waals surface area contributed by atoms with Gasteiger partial charge in [-0.1, -0.05) is 19.8 Å². The van der Waals surface area contributed by atoms with Crippen molar-refractivity contribution < 1.29 is 14.3 Å². The van der Waals surface area contributed by atoms with Crippen LogP contribution in [0.4, 0.5) is 0 Å². The van der Waals surface area contributed by atoms with Crippen molar-refractivity contribution in [2.45, 2.75) is 39.0 Å². The maximum absolute atomic E-state index is 11.9. The topological polar surface area (TPSA) is 61.5 Å². The molecule has 0 radical (unpaired) electrons. The number of esters is 1. The minimum atomic E-state index is -0.524. The Hall–Kier alpha value is -0.610. The molecule has 1 atom stereocenters. The number of nitrogens with two attached hydrogens (primary N) is 1. The number of carbonyl (C=O) groups excluding carboxylic acids is 1. The Kier molecular flexibility index (Phi) is 5.92. The largest absolute Gasteiger partial charge is 0.469 e. The quantitative estimate of drug-likeness (QED) is 0.495. The van der Waals surface area contributed by atoms with Crippen molar-refractivity contribution in [1.29, 1.82) is 0 Å². The van der Waals surface area contributed by atoms with E-state index in [4.69, 9.17) is 15.2 Å². The van der Waals surface area contributed by atoms with Crippen LogP contribution in [0.25, 0.3) is 0 Å². The number of ether oxygens (including phenoxy) is 2. The maximum atomic E-state index is 11.9. The first-order valence-electron chi connectivity index (χ1n) is 6.54. The van der Waals surface area contributed by atoms with Gasteiger partial charge >= 0.3 is 5.97 Å². The Balaban J connectivity index is 2.51. The zero-order chi connectivity index (χ0) is 12.7. The fourth-order valence-corrected chi connectivity index (χ4v) is 2.16. The molecule has 0 spiro atoms. The van der Waals surface area contributed by atoms with Crippen molar-refractivity contribution in [2.75, 3.05) is 26.9 Å². The minimum absolute atomic E-state index is 0.174. The van der Waals surface area contributed by atoms with Gasteiger partial charge in [0.15, 0.2) is 0 Å². The lowest BCUT2D eigenvalue weighted by molar-refractivity contribution is -0.154. The van der Waals surface area contributed by atoms with Crippen LogP contribution >= 0.6 is 0 Å². The highest BCUT2D eigenvalue weighted by Crippen LogP contribution is 2.42. The summed E-state index contributed by atoms with van der Waals surface area (Å²) < 4.78 is 10.4. The molecule has 0 aliphatic heterocycles. The van der Waals surface area contributed by atoms with Gasteiger partial charge in [0.1, 0.15) is 0 Å². The molecule has 0 bridgehead atoms. The molecule has 1 aliphatic carbocycles. The molecule has 2 N–H and O–H groups in total. The zero-order valence-corrected chi connectivity index (χ0v) is 11.0. The first-order valence-corrected chi connectivity index (χ1v) is 6.54. The monoisotopic (exact) mass is 243 g/mol. The predicted octanol–water partition coefficient (Wildman–Crippen LogP) is 1.72. The molecule has 1 fully saturated rings. The Labute approximate surface area is 104 Å². The normalized spacial score (nSPS) is 18.8. The second kappa shape index (κ2) is 6.97. The number of rotatable bonds is 9. The molecule has 1 saturated carbocycles. The summed E-state index contributed by atoms with van der Waals surface area (Å²) in [4.78, 5) is 11.9. The van der Waals surface area contributed by atoms with Crippen molar-refractivity contribution in [3.63, 3.8) is 0 Å². The van der Waals surface area contributed by atoms with Gasteiger partial charge in [-0.15, -0.1) is 0 Å². The summed E-state index contributed by atoms with van der Waals surface area (Å²) in [5.74, 6) is 0.482. The van der Waals surface area contributed by atoms with Crippen molar-refractivity contribution in [3.05, 3.63) is 0 Å². The SMILES string of the molecule is CCCOCCC(CN)(CC1CC1)C(=O)OC. The molecule has 0 aromatic rings. The number of methoxy groups -OCH3 is 1. The predicted molar refractivity (Wildman–Crippen MR) is 66.6 cm³/mol. The highest BCUT2D eigenvalue weighted by atomic mass is 16.5. The molecule has 4 nitrogen and oxygen atoms in total. The van der Waals surface area contributed by atoms with E-state index in [-0.39, 0.29) is 5.97 Å². The van der Waals surface area contributed by atoms with Crippen LogP contribution in [0.2, 0.25) is 0 Å². The summed E-state index contributed by atoms with van der Waals surface area (Å²) in [5.41, 5.74) is 5.29. The summed E-state index contributed by atoms with van der Waals surface area (Å²) in [6, 6.07) is 0. The average molecular weight is 243 g/mol. The Morgan fingerprint density at radius 3 is 2.59 bits per heavy atom. The molecule has 1 unspecified atom stereocenters. The minimum Gasteiger partial charge on any atom is -0.469 e. The van der Waals surface area contributed by atoms with Crippen LogP contribution in [0.15, 0.2) is 0 Å². The van der Waals surface area contributed by atoms with Crippen LogP contribution in [0.1, 0.15) is 39.0 Å². The standard InChI is InChI=1S/C13H25NO3/c1-3-7-17-8-6-13(10-14,12(15)16-2)9-11-4-5-11/h11H,3-10,14H2,1-2H3. The van der Waals surface area contributed by atoms with Crippen molar-refractivity contribution in [2.24, 2.45) is 17.1 Å². The molecule has 0 heterocycles. The van der Waals surface area contributed by atoms with Crippen LogP contribution in [0.3, 0.4) is 0 Å². The van der Waals surface area contributed by atoms with Gasteiger partial charge in [-0.3, -0.25) is 4.79 Å². The van der Waals surface area contributed by atoms with Crippen molar-refractivity contribution >= 4 is 5.97 Å².